The van der Waals surface area contributed by atoms with E-state index >= 15 is 0 Å². The number of amides is 2. The average Bonchev–Trinajstić information content (AvgIpc) is 2.61. The Hall–Kier alpha value is -1.95. The van der Waals surface area contributed by atoms with Crippen LogP contribution in [0.5, 0.6) is 0 Å². The van der Waals surface area contributed by atoms with E-state index in [1.165, 1.54) is 12.1 Å². The van der Waals surface area contributed by atoms with Crippen LogP contribution in [0.4, 0.5) is 4.39 Å². The number of halogens is 1. The number of likely N-dealkylation sites (tertiary alicyclic amines) is 1. The van der Waals surface area contributed by atoms with Gasteiger partial charge in [0.05, 0.1) is 25.0 Å². The Bertz CT molecular complexity index is 576. The molecule has 1 N–H and O–H groups in total. The van der Waals surface area contributed by atoms with Crippen molar-refractivity contribution in [3.05, 3.63) is 35.6 Å². The van der Waals surface area contributed by atoms with Crippen LogP contribution in [0.2, 0.25) is 0 Å². The largest absolute Gasteiger partial charge is 0.394 e. The summed E-state index contributed by atoms with van der Waals surface area (Å²) in [5.41, 5.74) is 0.765. The van der Waals surface area contributed by atoms with Gasteiger partial charge in [0, 0.05) is 20.1 Å². The molecule has 0 bridgehead atoms. The maximum Gasteiger partial charge on any atom is 0.227 e. The van der Waals surface area contributed by atoms with Crippen LogP contribution in [0.3, 0.4) is 0 Å². The second-order valence-electron chi connectivity index (χ2n) is 6.46. The predicted molar refractivity (Wildman–Crippen MR) is 88.7 cm³/mol. The summed E-state index contributed by atoms with van der Waals surface area (Å²) in [6, 6.07) is 5.67. The average molecular weight is 336 g/mol. The van der Waals surface area contributed by atoms with Crippen LogP contribution in [-0.2, 0) is 16.0 Å². The summed E-state index contributed by atoms with van der Waals surface area (Å²) in [5.74, 6) is -0.626. The minimum atomic E-state index is -0.323. The van der Waals surface area contributed by atoms with E-state index in [2.05, 4.69) is 0 Å². The van der Waals surface area contributed by atoms with Gasteiger partial charge < -0.3 is 14.9 Å². The van der Waals surface area contributed by atoms with Gasteiger partial charge in [-0.25, -0.2) is 4.39 Å². The molecule has 0 saturated carbocycles. The summed E-state index contributed by atoms with van der Waals surface area (Å²) in [4.78, 5) is 28.2. The van der Waals surface area contributed by atoms with Gasteiger partial charge in [0.2, 0.25) is 11.8 Å². The van der Waals surface area contributed by atoms with E-state index in [1.807, 2.05) is 0 Å². The van der Waals surface area contributed by atoms with Crippen molar-refractivity contribution < 1.29 is 19.1 Å². The number of benzene rings is 1. The van der Waals surface area contributed by atoms with E-state index < -0.39 is 0 Å². The lowest BCUT2D eigenvalue weighted by molar-refractivity contribution is -0.141. The Morgan fingerprint density at radius 3 is 2.67 bits per heavy atom. The maximum absolute atomic E-state index is 12.9. The minimum absolute atomic E-state index is 0.0316. The molecule has 2 rings (SSSR count). The first-order chi connectivity index (χ1) is 11.4. The van der Waals surface area contributed by atoms with E-state index in [1.54, 1.807) is 35.9 Å². The molecule has 1 aliphatic heterocycles. The lowest BCUT2D eigenvalue weighted by atomic mass is 9.95. The van der Waals surface area contributed by atoms with Gasteiger partial charge in [-0.05, 0) is 37.5 Å². The third-order valence-electron chi connectivity index (χ3n) is 4.66. The predicted octanol–water partition coefficient (Wildman–Crippen LogP) is 1.45. The molecule has 2 amide bonds. The fraction of sp³-hybridized carbons (Fsp3) is 0.556. The fourth-order valence-electron chi connectivity index (χ4n) is 2.92. The summed E-state index contributed by atoms with van der Waals surface area (Å²) in [7, 11) is 1.68. The highest BCUT2D eigenvalue weighted by molar-refractivity contribution is 5.82. The van der Waals surface area contributed by atoms with Crippen molar-refractivity contribution in [3.8, 4) is 0 Å². The molecule has 0 radical (unpaired) electrons. The first-order valence-corrected chi connectivity index (χ1v) is 8.32. The van der Waals surface area contributed by atoms with E-state index in [0.717, 1.165) is 18.4 Å². The Morgan fingerprint density at radius 1 is 1.38 bits per heavy atom. The summed E-state index contributed by atoms with van der Waals surface area (Å²) >= 11 is 0. The van der Waals surface area contributed by atoms with Gasteiger partial charge in [0.1, 0.15) is 5.82 Å². The van der Waals surface area contributed by atoms with Crippen molar-refractivity contribution in [2.75, 3.05) is 26.7 Å². The molecule has 5 nitrogen and oxygen atoms in total. The van der Waals surface area contributed by atoms with Gasteiger partial charge in [-0.2, -0.15) is 0 Å². The van der Waals surface area contributed by atoms with Crippen molar-refractivity contribution in [3.63, 3.8) is 0 Å². The minimum Gasteiger partial charge on any atom is -0.394 e. The molecule has 6 heteroatoms. The van der Waals surface area contributed by atoms with Gasteiger partial charge >= 0.3 is 0 Å². The van der Waals surface area contributed by atoms with E-state index in [9.17, 15) is 19.1 Å². The molecule has 0 spiro atoms. The first kappa shape index (κ1) is 18.4. The fourth-order valence-corrected chi connectivity index (χ4v) is 2.92. The maximum atomic E-state index is 12.9. The first-order valence-electron chi connectivity index (χ1n) is 8.32. The molecule has 1 saturated heterocycles. The Balaban J connectivity index is 1.95. The molecule has 0 aromatic heterocycles. The third-order valence-corrected chi connectivity index (χ3v) is 4.66. The summed E-state index contributed by atoms with van der Waals surface area (Å²) in [6.45, 7) is 2.75. The quantitative estimate of drug-likeness (QED) is 0.885. The Morgan fingerprint density at radius 2 is 2.04 bits per heavy atom. The lowest BCUT2D eigenvalue weighted by Crippen LogP contribution is -2.48. The molecule has 1 aromatic carbocycles. The van der Waals surface area contributed by atoms with Crippen molar-refractivity contribution in [2.45, 2.75) is 32.2 Å². The highest BCUT2D eigenvalue weighted by Gasteiger charge is 2.31. The van der Waals surface area contributed by atoms with Crippen LogP contribution in [0, 0.1) is 11.7 Å². The van der Waals surface area contributed by atoms with Crippen LogP contribution in [0.25, 0.3) is 0 Å². The number of likely N-dealkylation sites (N-methyl/N-ethyl adjacent to an activating group) is 1. The zero-order valence-corrected chi connectivity index (χ0v) is 14.2. The zero-order valence-electron chi connectivity index (χ0n) is 14.2. The smallest absolute Gasteiger partial charge is 0.227 e. The molecule has 1 aromatic rings. The molecular formula is C18H25FN2O3. The van der Waals surface area contributed by atoms with Gasteiger partial charge in [-0.15, -0.1) is 0 Å². The summed E-state index contributed by atoms with van der Waals surface area (Å²) in [6.07, 6.45) is 1.75. The standard InChI is InChI=1S/C18H25FN2O3/c1-13(12-22)20(2)18(24)15-4-3-9-21(11-15)17(23)10-14-5-7-16(19)8-6-14/h5-8,13,15,22H,3-4,9-12H2,1-2H3. The molecule has 2 atom stereocenters. The number of nitrogens with zero attached hydrogens (tertiary/aromatic N) is 2. The molecule has 132 valence electrons. The molecule has 1 heterocycles. The van der Waals surface area contributed by atoms with Crippen molar-refractivity contribution in [1.29, 1.82) is 0 Å². The third kappa shape index (κ3) is 4.54. The van der Waals surface area contributed by atoms with Crippen molar-refractivity contribution in [2.24, 2.45) is 5.92 Å². The van der Waals surface area contributed by atoms with Crippen molar-refractivity contribution >= 4 is 11.8 Å². The monoisotopic (exact) mass is 336 g/mol. The number of carbonyl (C=O) groups excluding carboxylic acids is 2. The number of piperidine rings is 1. The Kier molecular flexibility index (Phi) is 6.31. The molecule has 2 unspecified atom stereocenters. The number of carbonyl (C=O) groups is 2. The highest BCUT2D eigenvalue weighted by Crippen LogP contribution is 2.20. The van der Waals surface area contributed by atoms with Gasteiger partial charge in [0.15, 0.2) is 0 Å². The normalized spacial score (nSPS) is 19.0. The van der Waals surface area contributed by atoms with Gasteiger partial charge in [0.25, 0.3) is 0 Å². The van der Waals surface area contributed by atoms with E-state index in [4.69, 9.17) is 0 Å². The zero-order chi connectivity index (χ0) is 17.7. The van der Waals surface area contributed by atoms with Crippen LogP contribution in [-0.4, -0.2) is 59.5 Å². The number of hydrogen-bond donors (Lipinski definition) is 1. The second-order valence-corrected chi connectivity index (χ2v) is 6.46. The number of aliphatic hydroxyl groups is 1. The van der Waals surface area contributed by atoms with Crippen LogP contribution < -0.4 is 0 Å². The summed E-state index contributed by atoms with van der Waals surface area (Å²) in [5, 5.41) is 9.19. The molecule has 0 aliphatic carbocycles. The Labute approximate surface area is 142 Å². The lowest BCUT2D eigenvalue weighted by Gasteiger charge is -2.35. The van der Waals surface area contributed by atoms with Crippen molar-refractivity contribution in [1.82, 2.24) is 9.80 Å². The number of aliphatic hydroxyl groups excluding tert-OH is 1. The van der Waals surface area contributed by atoms with E-state index in [-0.39, 0.29) is 42.6 Å². The van der Waals surface area contributed by atoms with Crippen LogP contribution in [0.15, 0.2) is 24.3 Å². The topological polar surface area (TPSA) is 60.9 Å². The molecule has 1 aliphatic rings. The van der Waals surface area contributed by atoms with Gasteiger partial charge in [-0.3, -0.25) is 9.59 Å². The van der Waals surface area contributed by atoms with Crippen LogP contribution >= 0.6 is 0 Å². The van der Waals surface area contributed by atoms with Crippen LogP contribution in [0.1, 0.15) is 25.3 Å². The highest BCUT2D eigenvalue weighted by atomic mass is 19.1. The summed E-state index contributed by atoms with van der Waals surface area (Å²) < 4.78 is 12.9. The van der Waals surface area contributed by atoms with Gasteiger partial charge in [-0.1, -0.05) is 12.1 Å². The number of rotatable bonds is 5. The number of hydrogen-bond acceptors (Lipinski definition) is 3. The van der Waals surface area contributed by atoms with E-state index in [0.29, 0.717) is 13.1 Å². The molecule has 1 fully saturated rings. The molecule has 24 heavy (non-hydrogen) atoms. The molecular weight excluding hydrogens is 311 g/mol. The SMILES string of the molecule is CC(CO)N(C)C(=O)C1CCCN(C(=O)Cc2ccc(F)cc2)C1. The second kappa shape index (κ2) is 8.24.